The van der Waals surface area contributed by atoms with Crippen molar-refractivity contribution in [1.29, 1.82) is 0 Å². The van der Waals surface area contributed by atoms with E-state index in [0.29, 0.717) is 6.42 Å². The van der Waals surface area contributed by atoms with Crippen molar-refractivity contribution in [3.05, 3.63) is 0 Å². The summed E-state index contributed by atoms with van der Waals surface area (Å²) < 4.78 is 4.49. The molecule has 0 aliphatic heterocycles. The summed E-state index contributed by atoms with van der Waals surface area (Å²) in [5, 5.41) is 9.76. The van der Waals surface area contributed by atoms with Gasteiger partial charge in [-0.05, 0) is 6.42 Å². The van der Waals surface area contributed by atoms with Crippen molar-refractivity contribution < 1.29 is 19.4 Å². The van der Waals surface area contributed by atoms with E-state index >= 15 is 0 Å². The normalized spacial score (nSPS) is 12.1. The second kappa shape index (κ2) is 16.9. The first kappa shape index (κ1) is 23.1. The standard InChI is InChI=1S/C20H38O4/c1-3-4-5-6-7-8-9-10-11-12-13-14-15-18(21)19(22)16-17-20(23)24-2/h18,21H,3-17H2,1-2H3. The molecular formula is C20H38O4. The number of carbonyl (C=O) groups excluding carboxylic acids is 2. The maximum atomic E-state index is 11.6. The Morgan fingerprint density at radius 1 is 0.792 bits per heavy atom. The van der Waals surface area contributed by atoms with Crippen LogP contribution < -0.4 is 0 Å². The monoisotopic (exact) mass is 342 g/mol. The molecular weight excluding hydrogens is 304 g/mol. The highest BCUT2D eigenvalue weighted by molar-refractivity contribution is 5.86. The molecule has 0 rings (SSSR count). The maximum Gasteiger partial charge on any atom is 0.305 e. The van der Waals surface area contributed by atoms with Crippen molar-refractivity contribution in [2.45, 2.75) is 109 Å². The number of aliphatic hydroxyl groups is 1. The van der Waals surface area contributed by atoms with Crippen molar-refractivity contribution in [3.8, 4) is 0 Å². The van der Waals surface area contributed by atoms with Crippen LogP contribution in [-0.2, 0) is 14.3 Å². The maximum absolute atomic E-state index is 11.6. The number of ketones is 1. The van der Waals surface area contributed by atoms with Crippen LogP contribution in [0.5, 0.6) is 0 Å². The third-order valence-corrected chi connectivity index (χ3v) is 4.51. The SMILES string of the molecule is CCCCCCCCCCCCCCC(O)C(=O)CCC(=O)OC. The number of methoxy groups -OCH3 is 1. The van der Waals surface area contributed by atoms with Gasteiger partial charge in [0.1, 0.15) is 6.10 Å². The van der Waals surface area contributed by atoms with Gasteiger partial charge in [-0.2, -0.15) is 0 Å². The largest absolute Gasteiger partial charge is 0.469 e. The lowest BCUT2D eigenvalue weighted by molar-refractivity contribution is -0.142. The van der Waals surface area contributed by atoms with E-state index in [0.717, 1.165) is 12.8 Å². The Bertz CT molecular complexity index is 315. The lowest BCUT2D eigenvalue weighted by Crippen LogP contribution is -2.21. The number of hydrogen-bond acceptors (Lipinski definition) is 4. The molecule has 4 heteroatoms. The van der Waals surface area contributed by atoms with Gasteiger partial charge >= 0.3 is 5.97 Å². The average molecular weight is 343 g/mol. The zero-order valence-electron chi connectivity index (χ0n) is 15.9. The average Bonchev–Trinajstić information content (AvgIpc) is 2.59. The number of rotatable bonds is 17. The molecule has 0 spiro atoms. The van der Waals surface area contributed by atoms with E-state index in [1.54, 1.807) is 0 Å². The van der Waals surface area contributed by atoms with Crippen LogP contribution >= 0.6 is 0 Å². The van der Waals surface area contributed by atoms with Crippen molar-refractivity contribution >= 4 is 11.8 Å². The summed E-state index contributed by atoms with van der Waals surface area (Å²) in [6, 6.07) is 0. The Morgan fingerprint density at radius 3 is 1.71 bits per heavy atom. The molecule has 0 saturated heterocycles. The van der Waals surface area contributed by atoms with Crippen LogP contribution in [0, 0.1) is 0 Å². The van der Waals surface area contributed by atoms with Crippen LogP contribution in [0.15, 0.2) is 0 Å². The van der Waals surface area contributed by atoms with Crippen molar-refractivity contribution in [2.24, 2.45) is 0 Å². The minimum absolute atomic E-state index is 0.0604. The molecule has 1 atom stereocenters. The molecule has 142 valence electrons. The number of carbonyl (C=O) groups is 2. The molecule has 1 unspecified atom stereocenters. The smallest absolute Gasteiger partial charge is 0.305 e. The topological polar surface area (TPSA) is 63.6 Å². The molecule has 1 N–H and O–H groups in total. The third-order valence-electron chi connectivity index (χ3n) is 4.51. The number of ether oxygens (including phenoxy) is 1. The number of aliphatic hydroxyl groups excluding tert-OH is 1. The van der Waals surface area contributed by atoms with Crippen LogP contribution in [0.1, 0.15) is 103 Å². The van der Waals surface area contributed by atoms with Crippen molar-refractivity contribution in [3.63, 3.8) is 0 Å². The van der Waals surface area contributed by atoms with E-state index in [1.807, 2.05) is 0 Å². The van der Waals surface area contributed by atoms with Crippen LogP contribution in [0.3, 0.4) is 0 Å². The lowest BCUT2D eigenvalue weighted by atomic mass is 10.0. The van der Waals surface area contributed by atoms with Gasteiger partial charge in [0.05, 0.1) is 13.5 Å². The summed E-state index contributed by atoms with van der Waals surface area (Å²) in [7, 11) is 1.30. The van der Waals surface area contributed by atoms with E-state index in [1.165, 1.54) is 71.3 Å². The minimum atomic E-state index is -0.919. The first-order valence-electron chi connectivity index (χ1n) is 9.89. The molecule has 4 nitrogen and oxygen atoms in total. The Labute approximate surface area is 148 Å². The van der Waals surface area contributed by atoms with Gasteiger partial charge in [-0.25, -0.2) is 0 Å². The molecule has 0 fully saturated rings. The molecule has 0 amide bonds. The zero-order valence-corrected chi connectivity index (χ0v) is 15.9. The molecule has 0 radical (unpaired) electrons. The Kier molecular flexibility index (Phi) is 16.3. The van der Waals surface area contributed by atoms with E-state index < -0.39 is 12.1 Å². The summed E-state index contributed by atoms with van der Waals surface area (Å²) in [4.78, 5) is 22.6. The van der Waals surface area contributed by atoms with E-state index in [2.05, 4.69) is 11.7 Å². The quantitative estimate of drug-likeness (QED) is 0.300. The second-order valence-corrected chi connectivity index (χ2v) is 6.74. The van der Waals surface area contributed by atoms with E-state index in [-0.39, 0.29) is 18.6 Å². The molecule has 24 heavy (non-hydrogen) atoms. The van der Waals surface area contributed by atoms with Crippen LogP contribution in [0.2, 0.25) is 0 Å². The molecule has 0 saturated carbocycles. The number of Topliss-reactive ketones (excluding diaryl/α,β-unsaturated/α-hetero) is 1. The minimum Gasteiger partial charge on any atom is -0.469 e. The predicted molar refractivity (Wildman–Crippen MR) is 98.0 cm³/mol. The molecule has 0 aliphatic rings. The number of unbranched alkanes of at least 4 members (excludes halogenated alkanes) is 11. The van der Waals surface area contributed by atoms with Crippen LogP contribution in [-0.4, -0.2) is 30.1 Å². The van der Waals surface area contributed by atoms with Gasteiger partial charge in [-0.3, -0.25) is 9.59 Å². The fraction of sp³-hybridized carbons (Fsp3) is 0.900. The van der Waals surface area contributed by atoms with Crippen LogP contribution in [0.25, 0.3) is 0 Å². The van der Waals surface area contributed by atoms with E-state index in [9.17, 15) is 14.7 Å². The fourth-order valence-electron chi connectivity index (χ4n) is 2.83. The summed E-state index contributed by atoms with van der Waals surface area (Å²) in [6.07, 6.45) is 14.9. The van der Waals surface area contributed by atoms with Gasteiger partial charge in [-0.1, -0.05) is 84.0 Å². The van der Waals surface area contributed by atoms with Crippen molar-refractivity contribution in [1.82, 2.24) is 0 Å². The highest BCUT2D eigenvalue weighted by atomic mass is 16.5. The van der Waals surface area contributed by atoms with Crippen molar-refractivity contribution in [2.75, 3.05) is 7.11 Å². The molecule has 0 heterocycles. The van der Waals surface area contributed by atoms with E-state index in [4.69, 9.17) is 0 Å². The van der Waals surface area contributed by atoms with Gasteiger partial charge in [0.25, 0.3) is 0 Å². The predicted octanol–water partition coefficient (Wildman–Crippen LogP) is 4.96. The summed E-state index contributed by atoms with van der Waals surface area (Å²) in [5.41, 5.74) is 0. The molecule has 0 aromatic rings. The van der Waals surface area contributed by atoms with Gasteiger partial charge < -0.3 is 9.84 Å². The molecule has 0 bridgehead atoms. The number of esters is 1. The first-order chi connectivity index (χ1) is 11.6. The lowest BCUT2D eigenvalue weighted by Gasteiger charge is -2.09. The fourth-order valence-corrected chi connectivity index (χ4v) is 2.83. The summed E-state index contributed by atoms with van der Waals surface area (Å²) >= 11 is 0. The third kappa shape index (κ3) is 14.7. The molecule has 0 aliphatic carbocycles. The number of hydrogen-bond donors (Lipinski definition) is 1. The Hall–Kier alpha value is -0.900. The van der Waals surface area contributed by atoms with Gasteiger partial charge in [0.2, 0.25) is 0 Å². The Morgan fingerprint density at radius 2 is 1.25 bits per heavy atom. The Balaban J connectivity index is 3.34. The first-order valence-corrected chi connectivity index (χ1v) is 9.89. The van der Waals surface area contributed by atoms with Crippen LogP contribution in [0.4, 0.5) is 0 Å². The van der Waals surface area contributed by atoms with Gasteiger partial charge in [0.15, 0.2) is 5.78 Å². The highest BCUT2D eigenvalue weighted by Gasteiger charge is 2.15. The highest BCUT2D eigenvalue weighted by Crippen LogP contribution is 2.13. The van der Waals surface area contributed by atoms with Gasteiger partial charge in [-0.15, -0.1) is 0 Å². The zero-order chi connectivity index (χ0) is 18.0. The second-order valence-electron chi connectivity index (χ2n) is 6.74. The molecule has 0 aromatic heterocycles. The molecule has 0 aromatic carbocycles. The van der Waals surface area contributed by atoms with Gasteiger partial charge in [0, 0.05) is 6.42 Å². The summed E-state index contributed by atoms with van der Waals surface area (Å²) in [5.74, 6) is -0.649. The summed E-state index contributed by atoms with van der Waals surface area (Å²) in [6.45, 7) is 2.25.